The van der Waals surface area contributed by atoms with Gasteiger partial charge in [-0.15, -0.1) is 13.2 Å². The molecule has 1 aliphatic heterocycles. The van der Waals surface area contributed by atoms with E-state index < -0.39 is 6.10 Å². The van der Waals surface area contributed by atoms with Gasteiger partial charge in [-0.3, -0.25) is 19.3 Å². The second-order valence-corrected chi connectivity index (χ2v) is 6.42. The average molecular weight is 370 g/mol. The highest BCUT2D eigenvalue weighted by molar-refractivity contribution is 6.05. The van der Waals surface area contributed by atoms with E-state index in [1.165, 1.54) is 4.90 Å². The summed E-state index contributed by atoms with van der Waals surface area (Å²) in [5, 5.41) is 0. The Labute approximate surface area is 160 Å². The molecule has 0 aromatic heterocycles. The molecule has 2 amide bonds. The van der Waals surface area contributed by atoms with Crippen molar-refractivity contribution in [2.24, 2.45) is 0 Å². The molecule has 0 saturated heterocycles. The van der Waals surface area contributed by atoms with Gasteiger partial charge < -0.3 is 9.64 Å². The van der Waals surface area contributed by atoms with Gasteiger partial charge in [-0.2, -0.15) is 0 Å². The minimum Gasteiger partial charge on any atom is -0.479 e. The fourth-order valence-corrected chi connectivity index (χ4v) is 2.94. The van der Waals surface area contributed by atoms with Gasteiger partial charge in [-0.25, -0.2) is 0 Å². The van der Waals surface area contributed by atoms with Crippen molar-refractivity contribution in [1.29, 1.82) is 0 Å². The van der Waals surface area contributed by atoms with Crippen molar-refractivity contribution in [1.82, 2.24) is 4.90 Å². The molecule has 0 radical (unpaired) electrons. The molecule has 0 saturated carbocycles. The molecule has 27 heavy (non-hydrogen) atoms. The summed E-state index contributed by atoms with van der Waals surface area (Å²) in [5.74, 6) is -0.0545. The number of carbonyl (C=O) groups excluding carboxylic acids is 3. The summed E-state index contributed by atoms with van der Waals surface area (Å²) in [7, 11) is 0. The van der Waals surface area contributed by atoms with Gasteiger partial charge in [0.2, 0.25) is 5.91 Å². The largest absolute Gasteiger partial charge is 0.479 e. The van der Waals surface area contributed by atoms with E-state index in [4.69, 9.17) is 4.74 Å². The third-order valence-electron chi connectivity index (χ3n) is 4.31. The Balaban J connectivity index is 2.35. The van der Waals surface area contributed by atoms with Crippen LogP contribution < -0.4 is 9.64 Å². The first-order valence-corrected chi connectivity index (χ1v) is 9.07. The summed E-state index contributed by atoms with van der Waals surface area (Å²) in [4.78, 5) is 40.6. The van der Waals surface area contributed by atoms with Crippen LogP contribution in [0.2, 0.25) is 0 Å². The first-order valence-electron chi connectivity index (χ1n) is 9.07. The lowest BCUT2D eigenvalue weighted by atomic mass is 10.0. The van der Waals surface area contributed by atoms with Gasteiger partial charge in [0.15, 0.2) is 11.9 Å². The Kier molecular flexibility index (Phi) is 6.93. The summed E-state index contributed by atoms with van der Waals surface area (Å²) in [6.07, 6.45) is 3.72. The molecular weight excluding hydrogens is 344 g/mol. The number of hydrogen-bond donors (Lipinski definition) is 0. The van der Waals surface area contributed by atoms with Crippen LogP contribution in [-0.2, 0) is 9.59 Å². The molecule has 1 unspecified atom stereocenters. The molecule has 1 atom stereocenters. The van der Waals surface area contributed by atoms with Crippen molar-refractivity contribution in [2.75, 3.05) is 24.5 Å². The second kappa shape index (κ2) is 9.16. The zero-order valence-electron chi connectivity index (χ0n) is 15.9. The molecule has 6 nitrogen and oxygen atoms in total. The number of anilines is 1. The number of hydrogen-bond acceptors (Lipinski definition) is 4. The van der Waals surface area contributed by atoms with Crippen molar-refractivity contribution in [3.63, 3.8) is 0 Å². The van der Waals surface area contributed by atoms with Crippen LogP contribution in [0.15, 0.2) is 43.5 Å². The molecule has 6 heteroatoms. The van der Waals surface area contributed by atoms with E-state index in [0.717, 1.165) is 6.42 Å². The predicted molar refractivity (Wildman–Crippen MR) is 105 cm³/mol. The maximum absolute atomic E-state index is 12.7. The molecule has 1 aliphatic rings. The van der Waals surface area contributed by atoms with Gasteiger partial charge in [0.25, 0.3) is 5.91 Å². The molecule has 1 heterocycles. The summed E-state index contributed by atoms with van der Waals surface area (Å²) < 4.78 is 5.65. The van der Waals surface area contributed by atoms with E-state index in [2.05, 4.69) is 13.2 Å². The number of Topliss-reactive ketones (excluding diaryl/α,β-unsaturated/α-hetero) is 1. The Morgan fingerprint density at radius 2 is 1.93 bits per heavy atom. The number of ether oxygens (including phenoxy) is 1. The number of fused-ring (bicyclic) bond motifs is 1. The van der Waals surface area contributed by atoms with Crippen molar-refractivity contribution in [3.05, 3.63) is 49.1 Å². The summed E-state index contributed by atoms with van der Waals surface area (Å²) in [6, 6.07) is 5.01. The summed E-state index contributed by atoms with van der Waals surface area (Å²) in [5.41, 5.74) is 0.957. The van der Waals surface area contributed by atoms with E-state index in [9.17, 15) is 14.4 Å². The highest BCUT2D eigenvalue weighted by atomic mass is 16.5. The first kappa shape index (κ1) is 20.4. The average Bonchev–Trinajstić information content (AvgIpc) is 2.65. The molecule has 0 bridgehead atoms. The number of ketones is 1. The molecule has 2 rings (SSSR count). The number of amides is 2. The van der Waals surface area contributed by atoms with Crippen LogP contribution >= 0.6 is 0 Å². The third-order valence-corrected chi connectivity index (χ3v) is 4.31. The van der Waals surface area contributed by atoms with E-state index in [0.29, 0.717) is 36.5 Å². The summed E-state index contributed by atoms with van der Waals surface area (Å²) >= 11 is 0. The lowest BCUT2D eigenvalue weighted by Gasteiger charge is -2.34. The molecule has 0 aliphatic carbocycles. The fraction of sp³-hybridized carbons (Fsp3) is 0.381. The van der Waals surface area contributed by atoms with Crippen LogP contribution in [-0.4, -0.2) is 48.2 Å². The number of nitrogens with zero attached hydrogens (tertiary/aromatic N) is 2. The molecular formula is C21H26N2O4. The zero-order valence-corrected chi connectivity index (χ0v) is 15.9. The molecule has 0 fully saturated rings. The van der Waals surface area contributed by atoms with Crippen molar-refractivity contribution < 1.29 is 19.1 Å². The maximum atomic E-state index is 12.7. The zero-order chi connectivity index (χ0) is 20.0. The first-order chi connectivity index (χ1) is 12.9. The van der Waals surface area contributed by atoms with Crippen LogP contribution in [0, 0.1) is 0 Å². The Morgan fingerprint density at radius 3 is 2.52 bits per heavy atom. The normalized spacial score (nSPS) is 15.6. The molecule has 0 spiro atoms. The smallest absolute Gasteiger partial charge is 0.268 e. The van der Waals surface area contributed by atoms with E-state index in [-0.39, 0.29) is 24.1 Å². The van der Waals surface area contributed by atoms with Gasteiger partial charge in [-0.1, -0.05) is 19.1 Å². The standard InChI is InChI=1S/C21H26N2O4/c1-5-8-18(24)16-9-10-19-17(13-16)23(21(26)15(4)27-19)14-20(25)22(11-6-2)12-7-3/h6-7,9-10,13,15H,2-3,5,8,11-12,14H2,1,4H3. The monoisotopic (exact) mass is 370 g/mol. The lowest BCUT2D eigenvalue weighted by Crippen LogP contribution is -2.49. The number of carbonyl (C=O) groups is 3. The van der Waals surface area contributed by atoms with Gasteiger partial charge >= 0.3 is 0 Å². The molecule has 1 aromatic rings. The van der Waals surface area contributed by atoms with Crippen molar-refractivity contribution in [2.45, 2.75) is 32.8 Å². The Morgan fingerprint density at radius 1 is 1.26 bits per heavy atom. The minimum atomic E-state index is -0.699. The molecule has 144 valence electrons. The quantitative estimate of drug-likeness (QED) is 0.495. The lowest BCUT2D eigenvalue weighted by molar-refractivity contribution is -0.132. The van der Waals surface area contributed by atoms with E-state index in [1.807, 2.05) is 6.92 Å². The van der Waals surface area contributed by atoms with Crippen molar-refractivity contribution in [3.8, 4) is 5.75 Å². The maximum Gasteiger partial charge on any atom is 0.268 e. The number of benzene rings is 1. The van der Waals surface area contributed by atoms with Crippen LogP contribution in [0.25, 0.3) is 0 Å². The highest BCUT2D eigenvalue weighted by Crippen LogP contribution is 2.35. The second-order valence-electron chi connectivity index (χ2n) is 6.42. The fourth-order valence-electron chi connectivity index (χ4n) is 2.94. The number of rotatable bonds is 9. The Hall–Kier alpha value is -2.89. The minimum absolute atomic E-state index is 0.00223. The predicted octanol–water partition coefficient (Wildman–Crippen LogP) is 2.98. The van der Waals surface area contributed by atoms with Crippen LogP contribution in [0.5, 0.6) is 5.75 Å². The topological polar surface area (TPSA) is 66.9 Å². The van der Waals surface area contributed by atoms with Crippen LogP contribution in [0.4, 0.5) is 5.69 Å². The van der Waals surface area contributed by atoms with Crippen molar-refractivity contribution >= 4 is 23.3 Å². The van der Waals surface area contributed by atoms with E-state index >= 15 is 0 Å². The Bertz CT molecular complexity index is 747. The highest BCUT2D eigenvalue weighted by Gasteiger charge is 2.34. The molecule has 0 N–H and O–H groups in total. The van der Waals surface area contributed by atoms with E-state index in [1.54, 1.807) is 42.2 Å². The summed E-state index contributed by atoms with van der Waals surface area (Å²) in [6.45, 7) is 11.5. The van der Waals surface area contributed by atoms with Gasteiger partial charge in [0.05, 0.1) is 5.69 Å². The van der Waals surface area contributed by atoms with Crippen LogP contribution in [0.3, 0.4) is 0 Å². The SMILES string of the molecule is C=CCN(CC=C)C(=O)CN1C(=O)C(C)Oc2ccc(C(=O)CCC)cc21. The van der Waals surface area contributed by atoms with Gasteiger partial charge in [0.1, 0.15) is 12.3 Å². The van der Waals surface area contributed by atoms with Crippen LogP contribution in [0.1, 0.15) is 37.0 Å². The van der Waals surface area contributed by atoms with Gasteiger partial charge in [-0.05, 0) is 31.5 Å². The molecule has 1 aromatic carbocycles. The third kappa shape index (κ3) is 4.64. The van der Waals surface area contributed by atoms with Gasteiger partial charge in [0, 0.05) is 25.1 Å².